The first-order chi connectivity index (χ1) is 12.1. The Kier molecular flexibility index (Phi) is 4.84. The standard InChI is InChI=1S/C16H16N6O3/c1-25-14(23)9-13-17-16(22-21-13)18-15(24)12-8-11(19-20-12)7-10-5-3-2-4-6-10/h2-6,8H,7,9H2,1H3,(H,19,20)(H2,17,18,21,22,24). The molecule has 9 heteroatoms. The highest BCUT2D eigenvalue weighted by Gasteiger charge is 2.14. The summed E-state index contributed by atoms with van der Waals surface area (Å²) >= 11 is 0. The van der Waals surface area contributed by atoms with Crippen molar-refractivity contribution in [2.45, 2.75) is 12.8 Å². The van der Waals surface area contributed by atoms with Crippen LogP contribution in [0.25, 0.3) is 0 Å². The van der Waals surface area contributed by atoms with Crippen LogP contribution in [0.1, 0.15) is 27.6 Å². The molecule has 0 aliphatic carbocycles. The van der Waals surface area contributed by atoms with E-state index < -0.39 is 11.9 Å². The lowest BCUT2D eigenvalue weighted by Gasteiger charge is -1.97. The van der Waals surface area contributed by atoms with Crippen LogP contribution in [0.15, 0.2) is 36.4 Å². The number of methoxy groups -OCH3 is 1. The van der Waals surface area contributed by atoms with E-state index in [9.17, 15) is 9.59 Å². The molecule has 1 amide bonds. The van der Waals surface area contributed by atoms with Crippen molar-refractivity contribution in [2.75, 3.05) is 12.4 Å². The zero-order valence-corrected chi connectivity index (χ0v) is 13.4. The zero-order valence-electron chi connectivity index (χ0n) is 13.4. The topological polar surface area (TPSA) is 126 Å². The molecule has 0 saturated carbocycles. The number of amides is 1. The Morgan fingerprint density at radius 2 is 1.96 bits per heavy atom. The molecule has 0 aliphatic heterocycles. The molecule has 2 heterocycles. The fraction of sp³-hybridized carbons (Fsp3) is 0.188. The number of carbonyl (C=O) groups excluding carboxylic acids is 2. The highest BCUT2D eigenvalue weighted by atomic mass is 16.5. The summed E-state index contributed by atoms with van der Waals surface area (Å²) < 4.78 is 4.54. The SMILES string of the molecule is COC(=O)Cc1nc(NC(=O)c2cc(Cc3ccccc3)[nH]n2)n[nH]1. The number of aromatic amines is 2. The molecule has 3 rings (SSSR count). The molecule has 0 spiro atoms. The predicted octanol–water partition coefficient (Wildman–Crippen LogP) is 1.09. The number of benzene rings is 1. The van der Waals surface area contributed by atoms with Crippen LogP contribution in [0.5, 0.6) is 0 Å². The van der Waals surface area contributed by atoms with E-state index in [4.69, 9.17) is 0 Å². The van der Waals surface area contributed by atoms with E-state index in [1.807, 2.05) is 30.3 Å². The van der Waals surface area contributed by atoms with Crippen molar-refractivity contribution >= 4 is 17.8 Å². The Morgan fingerprint density at radius 1 is 1.16 bits per heavy atom. The van der Waals surface area contributed by atoms with Gasteiger partial charge in [-0.1, -0.05) is 30.3 Å². The van der Waals surface area contributed by atoms with Crippen LogP contribution < -0.4 is 5.32 Å². The summed E-state index contributed by atoms with van der Waals surface area (Å²) in [6, 6.07) is 11.5. The molecule has 0 saturated heterocycles. The molecule has 128 valence electrons. The number of aromatic nitrogens is 5. The van der Waals surface area contributed by atoms with Gasteiger partial charge >= 0.3 is 5.97 Å². The van der Waals surface area contributed by atoms with E-state index in [0.29, 0.717) is 12.2 Å². The molecular weight excluding hydrogens is 324 g/mol. The van der Waals surface area contributed by atoms with Crippen LogP contribution in [-0.4, -0.2) is 44.4 Å². The molecule has 25 heavy (non-hydrogen) atoms. The average Bonchev–Trinajstić information content (AvgIpc) is 3.25. The number of carbonyl (C=O) groups is 2. The molecule has 0 unspecified atom stereocenters. The minimum atomic E-state index is -0.452. The van der Waals surface area contributed by atoms with E-state index in [2.05, 4.69) is 35.4 Å². The Bertz CT molecular complexity index is 871. The van der Waals surface area contributed by atoms with Crippen LogP contribution in [0, 0.1) is 0 Å². The first-order valence-corrected chi connectivity index (χ1v) is 7.51. The number of ether oxygens (including phenoxy) is 1. The zero-order chi connectivity index (χ0) is 17.6. The summed E-state index contributed by atoms with van der Waals surface area (Å²) in [5.74, 6) is -0.531. The average molecular weight is 340 g/mol. The fourth-order valence-corrected chi connectivity index (χ4v) is 2.19. The van der Waals surface area contributed by atoms with Crippen LogP contribution >= 0.6 is 0 Å². The van der Waals surface area contributed by atoms with Gasteiger partial charge in [-0.05, 0) is 11.6 Å². The summed E-state index contributed by atoms with van der Waals surface area (Å²) in [7, 11) is 1.28. The lowest BCUT2D eigenvalue weighted by atomic mass is 10.1. The molecule has 0 atom stereocenters. The van der Waals surface area contributed by atoms with Crippen molar-refractivity contribution in [3.05, 3.63) is 59.2 Å². The number of hydrogen-bond acceptors (Lipinski definition) is 6. The largest absolute Gasteiger partial charge is 0.469 e. The number of nitrogens with zero attached hydrogens (tertiary/aromatic N) is 3. The lowest BCUT2D eigenvalue weighted by Crippen LogP contribution is -2.13. The molecule has 0 bridgehead atoms. The quantitative estimate of drug-likeness (QED) is 0.577. The molecule has 2 aromatic heterocycles. The second kappa shape index (κ2) is 7.39. The number of nitrogens with one attached hydrogen (secondary N) is 3. The van der Waals surface area contributed by atoms with E-state index in [1.165, 1.54) is 7.11 Å². The van der Waals surface area contributed by atoms with E-state index >= 15 is 0 Å². The summed E-state index contributed by atoms with van der Waals surface area (Å²) in [6.45, 7) is 0. The van der Waals surface area contributed by atoms with Gasteiger partial charge in [-0.25, -0.2) is 0 Å². The summed E-state index contributed by atoms with van der Waals surface area (Å²) in [5.41, 5.74) is 2.16. The maximum atomic E-state index is 12.2. The minimum absolute atomic E-state index is 0.0526. The third kappa shape index (κ3) is 4.28. The Morgan fingerprint density at radius 3 is 2.72 bits per heavy atom. The van der Waals surface area contributed by atoms with E-state index in [0.717, 1.165) is 11.3 Å². The van der Waals surface area contributed by atoms with Crippen molar-refractivity contribution in [3.8, 4) is 0 Å². The third-order valence-corrected chi connectivity index (χ3v) is 3.40. The number of H-pyrrole nitrogens is 2. The second-order valence-electron chi connectivity index (χ2n) is 5.25. The molecule has 3 aromatic rings. The van der Waals surface area contributed by atoms with Gasteiger partial charge in [-0.2, -0.15) is 10.1 Å². The minimum Gasteiger partial charge on any atom is -0.469 e. The fourth-order valence-electron chi connectivity index (χ4n) is 2.19. The van der Waals surface area contributed by atoms with Crippen LogP contribution in [0.2, 0.25) is 0 Å². The second-order valence-corrected chi connectivity index (χ2v) is 5.25. The van der Waals surface area contributed by atoms with Crippen molar-refractivity contribution in [2.24, 2.45) is 0 Å². The van der Waals surface area contributed by atoms with Crippen LogP contribution in [0.3, 0.4) is 0 Å². The highest BCUT2D eigenvalue weighted by Crippen LogP contribution is 2.09. The summed E-state index contributed by atoms with van der Waals surface area (Å²) in [6.07, 6.45) is 0.591. The Labute approximate surface area is 142 Å². The number of rotatable bonds is 6. The van der Waals surface area contributed by atoms with Gasteiger partial charge in [-0.15, -0.1) is 5.10 Å². The summed E-state index contributed by atoms with van der Waals surface area (Å²) in [5, 5.41) is 15.7. The molecule has 9 nitrogen and oxygen atoms in total. The maximum absolute atomic E-state index is 12.2. The molecule has 0 fully saturated rings. The first kappa shape index (κ1) is 16.4. The molecular formula is C16H16N6O3. The number of anilines is 1. The third-order valence-electron chi connectivity index (χ3n) is 3.40. The number of esters is 1. The van der Waals surface area contributed by atoms with Gasteiger partial charge < -0.3 is 4.74 Å². The van der Waals surface area contributed by atoms with Gasteiger partial charge in [-0.3, -0.25) is 25.1 Å². The van der Waals surface area contributed by atoms with Gasteiger partial charge in [0, 0.05) is 12.1 Å². The van der Waals surface area contributed by atoms with Crippen molar-refractivity contribution in [1.29, 1.82) is 0 Å². The molecule has 0 aliphatic rings. The van der Waals surface area contributed by atoms with Gasteiger partial charge in [0.25, 0.3) is 5.91 Å². The van der Waals surface area contributed by atoms with Gasteiger partial charge in [0.1, 0.15) is 12.2 Å². The van der Waals surface area contributed by atoms with E-state index in [-0.39, 0.29) is 18.1 Å². The molecule has 3 N–H and O–H groups in total. The van der Waals surface area contributed by atoms with Gasteiger partial charge in [0.2, 0.25) is 5.95 Å². The number of hydrogen-bond donors (Lipinski definition) is 3. The smallest absolute Gasteiger partial charge is 0.313 e. The highest BCUT2D eigenvalue weighted by molar-refractivity contribution is 6.01. The maximum Gasteiger partial charge on any atom is 0.313 e. The predicted molar refractivity (Wildman–Crippen MR) is 87.9 cm³/mol. The monoisotopic (exact) mass is 340 g/mol. The Hall–Kier alpha value is -3.49. The van der Waals surface area contributed by atoms with Gasteiger partial charge in [0.15, 0.2) is 5.69 Å². The van der Waals surface area contributed by atoms with Crippen molar-refractivity contribution < 1.29 is 14.3 Å². The van der Waals surface area contributed by atoms with E-state index in [1.54, 1.807) is 6.07 Å². The summed E-state index contributed by atoms with van der Waals surface area (Å²) in [4.78, 5) is 27.4. The first-order valence-electron chi connectivity index (χ1n) is 7.51. The van der Waals surface area contributed by atoms with Crippen LogP contribution in [-0.2, 0) is 22.4 Å². The van der Waals surface area contributed by atoms with Crippen molar-refractivity contribution in [3.63, 3.8) is 0 Å². The van der Waals surface area contributed by atoms with Crippen molar-refractivity contribution in [1.82, 2.24) is 25.4 Å². The lowest BCUT2D eigenvalue weighted by molar-refractivity contribution is -0.139. The Balaban J connectivity index is 1.61. The van der Waals surface area contributed by atoms with Gasteiger partial charge in [0.05, 0.1) is 7.11 Å². The molecule has 0 radical (unpaired) electrons. The normalized spacial score (nSPS) is 10.4. The molecule has 1 aromatic carbocycles. The van der Waals surface area contributed by atoms with Crippen LogP contribution in [0.4, 0.5) is 5.95 Å².